The summed E-state index contributed by atoms with van der Waals surface area (Å²) in [7, 11) is 0. The largest absolute Gasteiger partial charge is 0.303 e. The van der Waals surface area contributed by atoms with E-state index >= 15 is 0 Å². The summed E-state index contributed by atoms with van der Waals surface area (Å²) in [4.78, 5) is 9.96. The molecule has 62 valence electrons. The first-order valence-corrected chi connectivity index (χ1v) is 4.06. The molecule has 0 fully saturated rings. The maximum Gasteiger partial charge on any atom is 0.123 e. The number of hydrogen-bond acceptors (Lipinski definition) is 1. The average molecular weight is 160 g/mol. The molecule has 0 aliphatic carbocycles. The number of hydrogen-bond donors (Lipinski definition) is 0. The topological polar surface area (TPSA) is 17.1 Å². The predicted octanol–water partition coefficient (Wildman–Crippen LogP) is 2.37. The van der Waals surface area contributed by atoms with Gasteiger partial charge in [-0.2, -0.15) is 0 Å². The van der Waals surface area contributed by atoms with Crippen LogP contribution >= 0.6 is 0 Å². The van der Waals surface area contributed by atoms with E-state index in [1.807, 2.05) is 30.4 Å². The van der Waals surface area contributed by atoms with Crippen LogP contribution in [0, 0.1) is 0 Å². The number of carbonyl (C=O) groups excluding carboxylic acids is 1. The summed E-state index contributed by atoms with van der Waals surface area (Å²) in [5.74, 6) is 0. The third-order valence-electron chi connectivity index (χ3n) is 1.60. The van der Waals surface area contributed by atoms with Crippen LogP contribution in [-0.4, -0.2) is 6.29 Å². The monoisotopic (exact) mass is 160 g/mol. The molecular weight excluding hydrogens is 148 g/mol. The van der Waals surface area contributed by atoms with Gasteiger partial charge in [0, 0.05) is 6.42 Å². The zero-order valence-electron chi connectivity index (χ0n) is 6.94. The Morgan fingerprint density at radius 2 is 1.83 bits per heavy atom. The van der Waals surface area contributed by atoms with E-state index in [0.717, 1.165) is 12.7 Å². The fourth-order valence-corrected chi connectivity index (χ4v) is 0.985. The van der Waals surface area contributed by atoms with Crippen molar-refractivity contribution in [3.63, 3.8) is 0 Å². The minimum atomic E-state index is 0.521. The normalized spacial score (nSPS) is 10.3. The van der Waals surface area contributed by atoms with Crippen LogP contribution in [0.15, 0.2) is 42.5 Å². The van der Waals surface area contributed by atoms with Gasteiger partial charge < -0.3 is 4.79 Å². The van der Waals surface area contributed by atoms with Crippen molar-refractivity contribution in [3.8, 4) is 0 Å². The van der Waals surface area contributed by atoms with Gasteiger partial charge in [-0.05, 0) is 12.0 Å². The standard InChI is InChI=1S/C11H12O/c12-10-6-2-5-9-11-7-3-1-4-8-11/h1-5,7-8,10H,6,9H2. The third kappa shape index (κ3) is 3.15. The molecule has 0 heterocycles. The number of rotatable bonds is 4. The summed E-state index contributed by atoms with van der Waals surface area (Å²) < 4.78 is 0. The van der Waals surface area contributed by atoms with Crippen LogP contribution in [0.4, 0.5) is 0 Å². The highest BCUT2D eigenvalue weighted by Crippen LogP contribution is 1.99. The Bertz CT molecular complexity index is 249. The van der Waals surface area contributed by atoms with Crippen LogP contribution in [0.25, 0.3) is 0 Å². The molecule has 1 nitrogen and oxygen atoms in total. The maximum absolute atomic E-state index is 9.96. The second kappa shape index (κ2) is 5.30. The fourth-order valence-electron chi connectivity index (χ4n) is 0.985. The van der Waals surface area contributed by atoms with Crippen molar-refractivity contribution in [2.45, 2.75) is 12.8 Å². The molecule has 0 spiro atoms. The lowest BCUT2D eigenvalue weighted by Crippen LogP contribution is -1.78. The first-order valence-electron chi connectivity index (χ1n) is 4.06. The van der Waals surface area contributed by atoms with Gasteiger partial charge in [0.05, 0.1) is 0 Å². The molecule has 12 heavy (non-hydrogen) atoms. The minimum absolute atomic E-state index is 0.521. The number of aldehydes is 1. The van der Waals surface area contributed by atoms with Gasteiger partial charge in [0.25, 0.3) is 0 Å². The molecule has 1 aromatic rings. The van der Waals surface area contributed by atoms with E-state index < -0.39 is 0 Å². The predicted molar refractivity (Wildman–Crippen MR) is 50.0 cm³/mol. The molecule has 1 rings (SSSR count). The highest BCUT2D eigenvalue weighted by atomic mass is 16.1. The number of benzene rings is 1. The molecule has 0 aliphatic rings. The van der Waals surface area contributed by atoms with E-state index in [4.69, 9.17) is 0 Å². The van der Waals surface area contributed by atoms with E-state index in [9.17, 15) is 4.79 Å². The quantitative estimate of drug-likeness (QED) is 0.488. The molecule has 0 atom stereocenters. The summed E-state index contributed by atoms with van der Waals surface area (Å²) >= 11 is 0. The van der Waals surface area contributed by atoms with Crippen LogP contribution < -0.4 is 0 Å². The van der Waals surface area contributed by atoms with E-state index in [0.29, 0.717) is 6.42 Å². The molecule has 0 N–H and O–H groups in total. The van der Waals surface area contributed by atoms with Gasteiger partial charge in [-0.25, -0.2) is 0 Å². The molecule has 1 aromatic carbocycles. The molecule has 0 aliphatic heterocycles. The molecule has 0 saturated heterocycles. The first-order chi connectivity index (χ1) is 5.93. The molecule has 0 amide bonds. The lowest BCUT2D eigenvalue weighted by atomic mass is 10.1. The Morgan fingerprint density at radius 3 is 2.50 bits per heavy atom. The van der Waals surface area contributed by atoms with E-state index in [2.05, 4.69) is 12.1 Å². The van der Waals surface area contributed by atoms with Crippen molar-refractivity contribution < 1.29 is 4.79 Å². The molecule has 0 bridgehead atoms. The molecule has 0 unspecified atom stereocenters. The molecule has 0 saturated carbocycles. The summed E-state index contributed by atoms with van der Waals surface area (Å²) in [6.45, 7) is 0. The average Bonchev–Trinajstić information content (AvgIpc) is 2.14. The van der Waals surface area contributed by atoms with Crippen LogP contribution in [-0.2, 0) is 11.2 Å². The molecule has 0 radical (unpaired) electrons. The smallest absolute Gasteiger partial charge is 0.123 e. The first kappa shape index (κ1) is 8.72. The van der Waals surface area contributed by atoms with Crippen LogP contribution in [0.5, 0.6) is 0 Å². The maximum atomic E-state index is 9.96. The van der Waals surface area contributed by atoms with Crippen molar-refractivity contribution in [2.75, 3.05) is 0 Å². The summed E-state index contributed by atoms with van der Waals surface area (Å²) in [6.07, 6.45) is 6.24. The van der Waals surface area contributed by atoms with Crippen LogP contribution in [0.2, 0.25) is 0 Å². The highest BCUT2D eigenvalue weighted by Gasteiger charge is 1.84. The SMILES string of the molecule is O=CCC=CCc1ccccc1. The Morgan fingerprint density at radius 1 is 1.08 bits per heavy atom. The highest BCUT2D eigenvalue weighted by molar-refractivity contribution is 5.51. The van der Waals surface area contributed by atoms with Crippen molar-refractivity contribution in [1.29, 1.82) is 0 Å². The van der Waals surface area contributed by atoms with Crippen molar-refractivity contribution in [1.82, 2.24) is 0 Å². The van der Waals surface area contributed by atoms with Gasteiger partial charge in [0.15, 0.2) is 0 Å². The van der Waals surface area contributed by atoms with E-state index in [-0.39, 0.29) is 0 Å². The second-order valence-corrected chi connectivity index (χ2v) is 2.56. The Kier molecular flexibility index (Phi) is 3.86. The van der Waals surface area contributed by atoms with Crippen LogP contribution in [0.1, 0.15) is 12.0 Å². The van der Waals surface area contributed by atoms with Gasteiger partial charge in [-0.15, -0.1) is 0 Å². The lowest BCUT2D eigenvalue weighted by Gasteiger charge is -1.92. The van der Waals surface area contributed by atoms with Crippen molar-refractivity contribution in [2.24, 2.45) is 0 Å². The number of carbonyl (C=O) groups is 1. The molecular formula is C11H12O. The summed E-state index contributed by atoms with van der Waals surface area (Å²) in [5.41, 5.74) is 1.28. The zero-order chi connectivity index (χ0) is 8.65. The van der Waals surface area contributed by atoms with Gasteiger partial charge >= 0.3 is 0 Å². The minimum Gasteiger partial charge on any atom is -0.303 e. The fraction of sp³-hybridized carbons (Fsp3) is 0.182. The van der Waals surface area contributed by atoms with Gasteiger partial charge in [0.1, 0.15) is 6.29 Å². The zero-order valence-corrected chi connectivity index (χ0v) is 6.94. The van der Waals surface area contributed by atoms with E-state index in [1.165, 1.54) is 5.56 Å². The summed E-state index contributed by atoms with van der Waals surface area (Å²) in [5, 5.41) is 0. The Labute approximate surface area is 72.7 Å². The lowest BCUT2D eigenvalue weighted by molar-refractivity contribution is -0.107. The van der Waals surface area contributed by atoms with Gasteiger partial charge in [-0.3, -0.25) is 0 Å². The molecule has 1 heteroatoms. The van der Waals surface area contributed by atoms with Crippen LogP contribution in [0.3, 0.4) is 0 Å². The van der Waals surface area contributed by atoms with E-state index in [1.54, 1.807) is 0 Å². The Hall–Kier alpha value is -1.37. The number of allylic oxidation sites excluding steroid dienone is 2. The van der Waals surface area contributed by atoms with Gasteiger partial charge in [-0.1, -0.05) is 42.5 Å². The summed E-state index contributed by atoms with van der Waals surface area (Å²) in [6, 6.07) is 10.2. The third-order valence-corrected chi connectivity index (χ3v) is 1.60. The van der Waals surface area contributed by atoms with Gasteiger partial charge in [0.2, 0.25) is 0 Å². The molecule has 0 aromatic heterocycles. The van der Waals surface area contributed by atoms with Crippen molar-refractivity contribution >= 4 is 6.29 Å². The van der Waals surface area contributed by atoms with Crippen molar-refractivity contribution in [3.05, 3.63) is 48.0 Å². The second-order valence-electron chi connectivity index (χ2n) is 2.56. The Balaban J connectivity index is 2.38.